The molecule has 0 aliphatic rings. The van der Waals surface area contributed by atoms with E-state index < -0.39 is 4.92 Å². The molecule has 1 amide bonds. The first kappa shape index (κ1) is 15.8. The van der Waals surface area contributed by atoms with E-state index in [9.17, 15) is 14.9 Å². The van der Waals surface area contributed by atoms with E-state index >= 15 is 0 Å². The molecular formula is C16H14N2O3S. The zero-order valence-corrected chi connectivity index (χ0v) is 12.5. The Bertz CT molecular complexity index is 670. The molecule has 0 fully saturated rings. The Morgan fingerprint density at radius 2 is 1.82 bits per heavy atom. The molecule has 0 heterocycles. The second kappa shape index (κ2) is 7.99. The fourth-order valence-corrected chi connectivity index (χ4v) is 2.38. The molecule has 2 aromatic rings. The summed E-state index contributed by atoms with van der Waals surface area (Å²) in [6.07, 6.45) is 1.44. The molecule has 112 valence electrons. The lowest BCUT2D eigenvalue weighted by atomic mass is 10.2. The fraction of sp³-hybridized carbons (Fsp3) is 0.0625. The summed E-state index contributed by atoms with van der Waals surface area (Å²) in [5, 5.41) is 14.9. The first-order valence-electron chi connectivity index (χ1n) is 6.52. The van der Waals surface area contributed by atoms with Gasteiger partial charge in [0.2, 0.25) is 5.91 Å². The highest BCUT2D eigenvalue weighted by molar-refractivity contribution is 8.01. The molecule has 0 unspecified atom stereocenters. The van der Waals surface area contributed by atoms with Crippen LogP contribution in [0.2, 0.25) is 0 Å². The zero-order chi connectivity index (χ0) is 15.8. The first-order chi connectivity index (χ1) is 10.6. The number of nitrogens with zero attached hydrogens (tertiary/aromatic N) is 1. The number of hydrogen-bond donors (Lipinski definition) is 1. The van der Waals surface area contributed by atoms with Crippen LogP contribution in [0.4, 0.5) is 11.4 Å². The van der Waals surface area contributed by atoms with E-state index in [1.165, 1.54) is 47.7 Å². The van der Waals surface area contributed by atoms with Gasteiger partial charge in [0.1, 0.15) is 0 Å². The van der Waals surface area contributed by atoms with Crippen LogP contribution >= 0.6 is 11.8 Å². The van der Waals surface area contributed by atoms with Crippen LogP contribution in [0.5, 0.6) is 0 Å². The molecule has 2 rings (SSSR count). The average Bonchev–Trinajstić information content (AvgIpc) is 2.53. The number of nitrogens with one attached hydrogen (secondary N) is 1. The normalized spacial score (nSPS) is 10.5. The predicted octanol–water partition coefficient (Wildman–Crippen LogP) is 3.98. The average molecular weight is 314 g/mol. The Morgan fingerprint density at radius 3 is 2.45 bits per heavy atom. The van der Waals surface area contributed by atoms with Gasteiger partial charge in [-0.1, -0.05) is 30.3 Å². The standard InChI is InChI=1S/C16H14N2O3S/c19-16(10-11-22-12-13-4-2-1-3-5-13)17-14-6-8-15(9-7-14)18(20)21/h1-11H,12H2,(H,17,19)/b11-10-. The largest absolute Gasteiger partial charge is 0.322 e. The van der Waals surface area contributed by atoms with E-state index in [4.69, 9.17) is 0 Å². The van der Waals surface area contributed by atoms with Crippen molar-refractivity contribution in [1.82, 2.24) is 0 Å². The number of hydrogen-bond acceptors (Lipinski definition) is 4. The number of anilines is 1. The quantitative estimate of drug-likeness (QED) is 0.497. The van der Waals surface area contributed by atoms with E-state index in [-0.39, 0.29) is 11.6 Å². The molecule has 6 heteroatoms. The van der Waals surface area contributed by atoms with Crippen LogP contribution in [0.1, 0.15) is 5.56 Å². The Balaban J connectivity index is 1.79. The van der Waals surface area contributed by atoms with E-state index in [1.54, 1.807) is 5.41 Å². The van der Waals surface area contributed by atoms with Gasteiger partial charge in [0.25, 0.3) is 5.69 Å². The third kappa shape index (κ3) is 5.06. The van der Waals surface area contributed by atoms with Crippen molar-refractivity contribution in [3.63, 3.8) is 0 Å². The van der Waals surface area contributed by atoms with Crippen molar-refractivity contribution >= 4 is 29.0 Å². The summed E-state index contributed by atoms with van der Waals surface area (Å²) in [5.41, 5.74) is 1.70. The molecule has 0 bridgehead atoms. The Hall–Kier alpha value is -2.60. The van der Waals surface area contributed by atoms with Gasteiger partial charge >= 0.3 is 0 Å². The van der Waals surface area contributed by atoms with Crippen LogP contribution in [0.25, 0.3) is 0 Å². The molecule has 5 nitrogen and oxygen atoms in total. The molecule has 0 aliphatic heterocycles. The van der Waals surface area contributed by atoms with Crippen LogP contribution in [-0.4, -0.2) is 10.8 Å². The van der Waals surface area contributed by atoms with Gasteiger partial charge in [-0.15, -0.1) is 11.8 Å². The third-order valence-corrected chi connectivity index (χ3v) is 3.58. The number of amides is 1. The number of carbonyl (C=O) groups excluding carboxylic acids is 1. The lowest BCUT2D eigenvalue weighted by molar-refractivity contribution is -0.384. The fourth-order valence-electron chi connectivity index (χ4n) is 1.68. The lowest BCUT2D eigenvalue weighted by Gasteiger charge is -2.01. The van der Waals surface area contributed by atoms with Gasteiger partial charge in [0.15, 0.2) is 0 Å². The molecule has 0 atom stereocenters. The van der Waals surface area contributed by atoms with Gasteiger partial charge < -0.3 is 5.32 Å². The van der Waals surface area contributed by atoms with Gasteiger partial charge in [-0.3, -0.25) is 14.9 Å². The van der Waals surface area contributed by atoms with Gasteiger partial charge in [-0.2, -0.15) is 0 Å². The Kier molecular flexibility index (Phi) is 5.73. The minimum Gasteiger partial charge on any atom is -0.322 e. The van der Waals surface area contributed by atoms with Gasteiger partial charge in [0, 0.05) is 29.6 Å². The summed E-state index contributed by atoms with van der Waals surface area (Å²) < 4.78 is 0. The minimum atomic E-state index is -0.480. The van der Waals surface area contributed by atoms with Crippen molar-refractivity contribution in [3.8, 4) is 0 Å². The van der Waals surface area contributed by atoms with Crippen LogP contribution in [0.3, 0.4) is 0 Å². The van der Waals surface area contributed by atoms with Gasteiger partial charge in [-0.25, -0.2) is 0 Å². The number of carbonyl (C=O) groups is 1. The summed E-state index contributed by atoms with van der Waals surface area (Å²) >= 11 is 1.52. The lowest BCUT2D eigenvalue weighted by Crippen LogP contribution is -2.07. The maximum Gasteiger partial charge on any atom is 0.269 e. The van der Waals surface area contributed by atoms with Crippen molar-refractivity contribution in [2.75, 3.05) is 5.32 Å². The SMILES string of the molecule is O=C(/C=C\SCc1ccccc1)Nc1ccc([N+](=O)[O-])cc1. The van der Waals surface area contributed by atoms with Crippen LogP contribution in [0, 0.1) is 10.1 Å². The maximum absolute atomic E-state index is 11.7. The van der Waals surface area contributed by atoms with E-state index in [0.717, 1.165) is 5.75 Å². The number of nitro benzene ring substituents is 1. The van der Waals surface area contributed by atoms with E-state index in [0.29, 0.717) is 5.69 Å². The van der Waals surface area contributed by atoms with Crippen LogP contribution in [-0.2, 0) is 10.5 Å². The monoisotopic (exact) mass is 314 g/mol. The summed E-state index contributed by atoms with van der Waals surface area (Å²) in [4.78, 5) is 21.7. The van der Waals surface area contributed by atoms with Crippen molar-refractivity contribution in [3.05, 3.63) is 81.8 Å². The van der Waals surface area contributed by atoms with Crippen molar-refractivity contribution in [2.45, 2.75) is 5.75 Å². The summed E-state index contributed by atoms with van der Waals surface area (Å²) in [6, 6.07) is 15.7. The van der Waals surface area contributed by atoms with Crippen molar-refractivity contribution in [2.24, 2.45) is 0 Å². The highest BCUT2D eigenvalue weighted by Crippen LogP contribution is 2.16. The number of non-ortho nitro benzene ring substituents is 1. The van der Waals surface area contributed by atoms with E-state index in [1.807, 2.05) is 30.3 Å². The molecule has 2 aromatic carbocycles. The predicted molar refractivity (Wildman–Crippen MR) is 88.6 cm³/mol. The summed E-state index contributed by atoms with van der Waals surface area (Å²) in [5.74, 6) is 0.525. The number of nitro groups is 1. The molecule has 22 heavy (non-hydrogen) atoms. The molecular weight excluding hydrogens is 300 g/mol. The second-order valence-electron chi connectivity index (χ2n) is 4.39. The number of rotatable bonds is 6. The third-order valence-electron chi connectivity index (χ3n) is 2.75. The Morgan fingerprint density at radius 1 is 1.14 bits per heavy atom. The topological polar surface area (TPSA) is 72.2 Å². The molecule has 0 radical (unpaired) electrons. The van der Waals surface area contributed by atoms with Crippen LogP contribution < -0.4 is 5.32 Å². The van der Waals surface area contributed by atoms with E-state index in [2.05, 4.69) is 5.32 Å². The van der Waals surface area contributed by atoms with Gasteiger partial charge in [-0.05, 0) is 23.1 Å². The first-order valence-corrected chi connectivity index (χ1v) is 7.57. The minimum absolute atomic E-state index is 0.00745. The van der Waals surface area contributed by atoms with Gasteiger partial charge in [0.05, 0.1) is 4.92 Å². The number of thioether (sulfide) groups is 1. The van der Waals surface area contributed by atoms with Crippen molar-refractivity contribution in [1.29, 1.82) is 0 Å². The summed E-state index contributed by atoms with van der Waals surface area (Å²) in [6.45, 7) is 0. The van der Waals surface area contributed by atoms with Crippen LogP contribution in [0.15, 0.2) is 66.1 Å². The zero-order valence-electron chi connectivity index (χ0n) is 11.6. The molecule has 0 aliphatic carbocycles. The Labute approximate surface area is 132 Å². The van der Waals surface area contributed by atoms with Crippen molar-refractivity contribution < 1.29 is 9.72 Å². The maximum atomic E-state index is 11.7. The molecule has 1 N–H and O–H groups in total. The molecule has 0 spiro atoms. The highest BCUT2D eigenvalue weighted by atomic mass is 32.2. The summed E-state index contributed by atoms with van der Waals surface area (Å²) in [7, 11) is 0. The second-order valence-corrected chi connectivity index (χ2v) is 5.29. The molecule has 0 aromatic heterocycles. The number of benzene rings is 2. The molecule has 0 saturated heterocycles. The highest BCUT2D eigenvalue weighted by Gasteiger charge is 2.04. The molecule has 0 saturated carbocycles. The smallest absolute Gasteiger partial charge is 0.269 e.